The Labute approximate surface area is 190 Å². The number of carbonyl (C=O) groups excluding carboxylic acids is 1. The van der Waals surface area contributed by atoms with Gasteiger partial charge in [0.15, 0.2) is 5.76 Å². The lowest BCUT2D eigenvalue weighted by Gasteiger charge is -2.39. The number of imidazole rings is 1. The lowest BCUT2D eigenvalue weighted by atomic mass is 9.98. The van der Waals surface area contributed by atoms with Crippen molar-refractivity contribution in [2.24, 2.45) is 0 Å². The number of aryl methyl sites for hydroxylation is 1. The van der Waals surface area contributed by atoms with Crippen LogP contribution in [0.3, 0.4) is 0 Å². The zero-order valence-electron chi connectivity index (χ0n) is 18.6. The first kappa shape index (κ1) is 22.7. The van der Waals surface area contributed by atoms with E-state index in [1.54, 1.807) is 42.0 Å². The van der Waals surface area contributed by atoms with Gasteiger partial charge in [0.05, 0.1) is 36.4 Å². The van der Waals surface area contributed by atoms with Gasteiger partial charge in [-0.1, -0.05) is 18.2 Å². The first-order chi connectivity index (χ1) is 15.7. The minimum Gasteiger partial charge on any atom is -0.483 e. The van der Waals surface area contributed by atoms with Crippen LogP contribution in [0.1, 0.15) is 36.7 Å². The minimum atomic E-state index is -0.902. The van der Waals surface area contributed by atoms with Gasteiger partial charge in [-0.25, -0.2) is 13.8 Å². The van der Waals surface area contributed by atoms with Gasteiger partial charge in [-0.15, -0.1) is 0 Å². The van der Waals surface area contributed by atoms with Gasteiger partial charge < -0.3 is 19.3 Å². The summed E-state index contributed by atoms with van der Waals surface area (Å²) in [6.45, 7) is 5.45. The van der Waals surface area contributed by atoms with Gasteiger partial charge in [-0.3, -0.25) is 4.79 Å². The van der Waals surface area contributed by atoms with Crippen LogP contribution in [0.4, 0.5) is 8.78 Å². The summed E-state index contributed by atoms with van der Waals surface area (Å²) in [6, 6.07) is 9.62. The molecular weight excluding hydrogens is 428 g/mol. The van der Waals surface area contributed by atoms with E-state index >= 15 is 0 Å². The Bertz CT molecular complexity index is 1190. The van der Waals surface area contributed by atoms with E-state index in [1.807, 2.05) is 13.8 Å². The molecule has 0 saturated carbocycles. The van der Waals surface area contributed by atoms with Crippen molar-refractivity contribution in [1.82, 2.24) is 14.5 Å². The van der Waals surface area contributed by atoms with E-state index in [-0.39, 0.29) is 18.4 Å². The number of aliphatic hydroxyl groups excluding tert-OH is 1. The normalized spacial score (nSPS) is 19.5. The number of aromatic nitrogens is 2. The predicted octanol–water partition coefficient (Wildman–Crippen LogP) is 4.17. The van der Waals surface area contributed by atoms with E-state index in [2.05, 4.69) is 4.98 Å². The Morgan fingerprint density at radius 1 is 1.21 bits per heavy atom. The number of carbonyl (C=O) groups is 1. The summed E-state index contributed by atoms with van der Waals surface area (Å²) >= 11 is 0. The Morgan fingerprint density at radius 3 is 2.55 bits per heavy atom. The van der Waals surface area contributed by atoms with Crippen LogP contribution in [0.5, 0.6) is 0 Å². The van der Waals surface area contributed by atoms with E-state index < -0.39 is 29.7 Å². The highest BCUT2D eigenvalue weighted by Gasteiger charge is 2.36. The van der Waals surface area contributed by atoms with Crippen LogP contribution < -0.4 is 0 Å². The topological polar surface area (TPSA) is 67.6 Å². The quantitative estimate of drug-likeness (QED) is 0.589. The second-order valence-electron chi connectivity index (χ2n) is 8.26. The van der Waals surface area contributed by atoms with Crippen molar-refractivity contribution in [3.8, 4) is 5.69 Å². The summed E-state index contributed by atoms with van der Waals surface area (Å²) in [7, 11) is 0. The fourth-order valence-corrected chi connectivity index (χ4v) is 4.05. The molecule has 0 spiro atoms. The Hall–Kier alpha value is -3.52. The maximum Gasteiger partial charge on any atom is 0.289 e. The molecule has 1 fully saturated rings. The van der Waals surface area contributed by atoms with Crippen LogP contribution in [-0.4, -0.2) is 44.2 Å². The molecule has 1 amide bonds. The molecule has 0 unspecified atom stereocenters. The fourth-order valence-electron chi connectivity index (χ4n) is 4.05. The average molecular weight is 453 g/mol. The van der Waals surface area contributed by atoms with Crippen molar-refractivity contribution in [2.45, 2.75) is 39.0 Å². The van der Waals surface area contributed by atoms with Gasteiger partial charge in [-0.05, 0) is 62.2 Å². The van der Waals surface area contributed by atoms with Crippen molar-refractivity contribution in [2.75, 3.05) is 6.54 Å². The highest BCUT2D eigenvalue weighted by Crippen LogP contribution is 2.31. The number of rotatable bonds is 5. The molecule has 1 saturated heterocycles. The summed E-state index contributed by atoms with van der Waals surface area (Å²) in [5.74, 6) is -1.25. The molecule has 2 heterocycles. The molecule has 8 heteroatoms. The highest BCUT2D eigenvalue weighted by atomic mass is 19.1. The number of amides is 1. The number of morpholine rings is 1. The molecule has 33 heavy (non-hydrogen) atoms. The number of halogens is 2. The number of benzene rings is 2. The van der Waals surface area contributed by atoms with Crippen LogP contribution in [0.2, 0.25) is 0 Å². The van der Waals surface area contributed by atoms with Gasteiger partial charge in [0, 0.05) is 6.20 Å². The number of nitrogens with zero attached hydrogens (tertiary/aromatic N) is 3. The van der Waals surface area contributed by atoms with Gasteiger partial charge in [0.25, 0.3) is 5.91 Å². The summed E-state index contributed by atoms with van der Waals surface area (Å²) < 4.78 is 35.5. The summed E-state index contributed by atoms with van der Waals surface area (Å²) in [5, 5.41) is 10.4. The van der Waals surface area contributed by atoms with Crippen molar-refractivity contribution in [1.29, 1.82) is 0 Å². The zero-order chi connectivity index (χ0) is 23.7. The maximum absolute atomic E-state index is 14.8. The van der Waals surface area contributed by atoms with Gasteiger partial charge in [0.1, 0.15) is 17.7 Å². The van der Waals surface area contributed by atoms with E-state index in [0.717, 1.165) is 5.69 Å². The molecule has 2 aromatic carbocycles. The lowest BCUT2D eigenvalue weighted by Crippen LogP contribution is -2.48. The Balaban J connectivity index is 1.64. The second-order valence-corrected chi connectivity index (χ2v) is 8.26. The van der Waals surface area contributed by atoms with Crippen molar-refractivity contribution in [3.05, 3.63) is 89.2 Å². The standard InChI is InChI=1S/C25H25F2N3O3/c1-15-12-29(14-28-15)22-9-4-18(10-21(22)27)11-23-25(32)30(13-16(2)33-23)24(17(3)31)19-5-7-20(26)8-6-19/h4-12,14,16-17,24,31H,13H2,1-3H3/t16-,17+,24-/m0/s1. The minimum absolute atomic E-state index is 0.0483. The van der Waals surface area contributed by atoms with E-state index in [1.165, 1.54) is 35.5 Å². The molecule has 0 bridgehead atoms. The number of aliphatic hydroxyl groups is 1. The summed E-state index contributed by atoms with van der Waals surface area (Å²) in [6.07, 6.45) is 3.48. The molecule has 4 rings (SSSR count). The fraction of sp³-hybridized carbons (Fsp3) is 0.280. The number of hydrogen-bond acceptors (Lipinski definition) is 4. The van der Waals surface area contributed by atoms with Crippen LogP contribution >= 0.6 is 0 Å². The molecule has 3 atom stereocenters. The van der Waals surface area contributed by atoms with Crippen LogP contribution in [0.25, 0.3) is 11.8 Å². The molecule has 0 aliphatic carbocycles. The van der Waals surface area contributed by atoms with E-state index in [9.17, 15) is 18.7 Å². The van der Waals surface area contributed by atoms with Gasteiger partial charge in [0.2, 0.25) is 0 Å². The molecule has 1 aliphatic heterocycles. The third kappa shape index (κ3) is 4.80. The summed E-state index contributed by atoms with van der Waals surface area (Å²) in [4.78, 5) is 18.9. The maximum atomic E-state index is 14.8. The van der Waals surface area contributed by atoms with Crippen molar-refractivity contribution >= 4 is 12.0 Å². The van der Waals surface area contributed by atoms with Gasteiger partial charge >= 0.3 is 0 Å². The lowest BCUT2D eigenvalue weighted by molar-refractivity contribution is -0.145. The summed E-state index contributed by atoms with van der Waals surface area (Å²) in [5.41, 5.74) is 2.18. The first-order valence-electron chi connectivity index (χ1n) is 10.7. The largest absolute Gasteiger partial charge is 0.483 e. The van der Waals surface area contributed by atoms with Crippen LogP contribution in [0.15, 0.2) is 60.7 Å². The number of hydrogen-bond donors (Lipinski definition) is 1. The third-order valence-electron chi connectivity index (χ3n) is 5.52. The van der Waals surface area contributed by atoms with Gasteiger partial charge in [-0.2, -0.15) is 0 Å². The Kier molecular flexibility index (Phi) is 6.29. The average Bonchev–Trinajstić information content (AvgIpc) is 3.18. The molecule has 1 N–H and O–H groups in total. The molecule has 1 aliphatic rings. The van der Waals surface area contributed by atoms with Crippen molar-refractivity contribution in [3.63, 3.8) is 0 Å². The third-order valence-corrected chi connectivity index (χ3v) is 5.52. The molecular formula is C25H25F2N3O3. The predicted molar refractivity (Wildman–Crippen MR) is 119 cm³/mol. The molecule has 1 aromatic heterocycles. The first-order valence-corrected chi connectivity index (χ1v) is 10.7. The monoisotopic (exact) mass is 453 g/mol. The molecule has 3 aromatic rings. The highest BCUT2D eigenvalue weighted by molar-refractivity contribution is 5.96. The zero-order valence-corrected chi connectivity index (χ0v) is 18.6. The van der Waals surface area contributed by atoms with Crippen LogP contribution in [0, 0.1) is 18.6 Å². The van der Waals surface area contributed by atoms with Crippen LogP contribution in [-0.2, 0) is 9.53 Å². The Morgan fingerprint density at radius 2 is 1.94 bits per heavy atom. The molecule has 172 valence electrons. The molecule has 0 radical (unpaired) electrons. The second kappa shape index (κ2) is 9.15. The molecule has 6 nitrogen and oxygen atoms in total. The smallest absolute Gasteiger partial charge is 0.289 e. The van der Waals surface area contributed by atoms with E-state index in [0.29, 0.717) is 16.8 Å². The number of ether oxygens (including phenoxy) is 1. The van der Waals surface area contributed by atoms with E-state index in [4.69, 9.17) is 4.74 Å². The van der Waals surface area contributed by atoms with Crippen molar-refractivity contribution < 1.29 is 23.4 Å². The SMILES string of the molecule is Cc1cn(-c2ccc(C=C3O[C@@H](C)CN([C@H](c4ccc(F)cc4)[C@@H](C)O)C3=O)cc2F)cn1.